The summed E-state index contributed by atoms with van der Waals surface area (Å²) in [5.41, 5.74) is 0. The van der Waals surface area contributed by atoms with Gasteiger partial charge >= 0.3 is 0 Å². The molecule has 0 radical (unpaired) electrons. The predicted octanol–water partition coefficient (Wildman–Crippen LogP) is 1.22. The fourth-order valence-electron chi connectivity index (χ4n) is 2.52. The van der Waals surface area contributed by atoms with E-state index in [0.29, 0.717) is 0 Å². The summed E-state index contributed by atoms with van der Waals surface area (Å²) in [5, 5.41) is 3.49. The third kappa shape index (κ3) is 1.89. The van der Waals surface area contributed by atoms with E-state index in [-0.39, 0.29) is 0 Å². The first-order valence-corrected chi connectivity index (χ1v) is 5.90. The van der Waals surface area contributed by atoms with Gasteiger partial charge in [-0.15, -0.1) is 0 Å². The smallest absolute Gasteiger partial charge is 0.0235 e. The summed E-state index contributed by atoms with van der Waals surface area (Å²) in [6, 6.07) is 1.86. The molecule has 1 aliphatic heterocycles. The molecule has 0 spiro atoms. The zero-order valence-corrected chi connectivity index (χ0v) is 8.34. The van der Waals surface area contributed by atoms with Crippen LogP contribution in [-0.4, -0.2) is 36.6 Å². The molecule has 1 saturated heterocycles. The van der Waals surface area contributed by atoms with Crippen LogP contribution in [0.2, 0.25) is 0 Å². The first-order valence-electron chi connectivity index (χ1n) is 5.90. The van der Waals surface area contributed by atoms with Gasteiger partial charge in [-0.1, -0.05) is 0 Å². The minimum atomic E-state index is 0.882. The van der Waals surface area contributed by atoms with Gasteiger partial charge in [-0.05, 0) is 44.6 Å². The Labute approximate surface area is 80.7 Å². The third-order valence-corrected chi connectivity index (χ3v) is 3.69. The van der Waals surface area contributed by atoms with Crippen molar-refractivity contribution in [1.82, 2.24) is 10.2 Å². The summed E-state index contributed by atoms with van der Waals surface area (Å²) in [5.74, 6) is 1.07. The molecule has 3 fully saturated rings. The van der Waals surface area contributed by atoms with Gasteiger partial charge < -0.3 is 5.32 Å². The molecule has 0 amide bonds. The van der Waals surface area contributed by atoms with E-state index in [1.807, 2.05) is 0 Å². The molecular weight excluding hydrogens is 160 g/mol. The van der Waals surface area contributed by atoms with E-state index in [1.165, 1.54) is 51.7 Å². The van der Waals surface area contributed by atoms with Crippen molar-refractivity contribution in [2.75, 3.05) is 19.6 Å². The van der Waals surface area contributed by atoms with Gasteiger partial charge in [0, 0.05) is 25.2 Å². The van der Waals surface area contributed by atoms with Crippen LogP contribution in [0.5, 0.6) is 0 Å². The molecule has 2 aliphatic carbocycles. The van der Waals surface area contributed by atoms with Gasteiger partial charge in [-0.25, -0.2) is 0 Å². The van der Waals surface area contributed by atoms with E-state index in [0.717, 1.165) is 18.0 Å². The van der Waals surface area contributed by atoms with Crippen molar-refractivity contribution in [3.8, 4) is 0 Å². The summed E-state index contributed by atoms with van der Waals surface area (Å²) >= 11 is 0. The van der Waals surface area contributed by atoms with Crippen molar-refractivity contribution in [3.05, 3.63) is 0 Å². The minimum absolute atomic E-state index is 0.882. The van der Waals surface area contributed by atoms with Crippen molar-refractivity contribution in [2.45, 2.75) is 44.2 Å². The van der Waals surface area contributed by atoms with E-state index >= 15 is 0 Å². The summed E-state index contributed by atoms with van der Waals surface area (Å²) in [6.45, 7) is 3.92. The highest BCUT2D eigenvalue weighted by atomic mass is 15.2. The average Bonchev–Trinajstić information content (AvgIpc) is 3.03. The lowest BCUT2D eigenvalue weighted by molar-refractivity contribution is 0.189. The van der Waals surface area contributed by atoms with Crippen LogP contribution in [-0.2, 0) is 0 Å². The Morgan fingerprint density at radius 1 is 1.00 bits per heavy atom. The van der Waals surface area contributed by atoms with Gasteiger partial charge in [0.25, 0.3) is 0 Å². The first kappa shape index (κ1) is 8.25. The SMILES string of the molecule is C1CC(N(CC2CC2)C2CC2)CN1. The highest BCUT2D eigenvalue weighted by Crippen LogP contribution is 2.36. The lowest BCUT2D eigenvalue weighted by Crippen LogP contribution is -2.39. The van der Waals surface area contributed by atoms with Crippen molar-refractivity contribution >= 4 is 0 Å². The van der Waals surface area contributed by atoms with Gasteiger partial charge in [0.15, 0.2) is 0 Å². The zero-order valence-electron chi connectivity index (χ0n) is 8.34. The van der Waals surface area contributed by atoms with Crippen LogP contribution in [0.3, 0.4) is 0 Å². The summed E-state index contributed by atoms with van der Waals surface area (Å²) < 4.78 is 0. The second-order valence-corrected chi connectivity index (χ2v) is 5.02. The number of hydrogen-bond donors (Lipinski definition) is 1. The molecule has 3 aliphatic rings. The highest BCUT2D eigenvalue weighted by molar-refractivity contribution is 4.94. The first-order chi connectivity index (χ1) is 6.43. The van der Waals surface area contributed by atoms with Crippen LogP contribution in [0.25, 0.3) is 0 Å². The van der Waals surface area contributed by atoms with Crippen molar-refractivity contribution in [2.24, 2.45) is 5.92 Å². The molecule has 2 heteroatoms. The lowest BCUT2D eigenvalue weighted by atomic mass is 10.2. The fraction of sp³-hybridized carbons (Fsp3) is 1.00. The van der Waals surface area contributed by atoms with Crippen molar-refractivity contribution in [1.29, 1.82) is 0 Å². The van der Waals surface area contributed by atoms with Crippen LogP contribution in [0.1, 0.15) is 32.1 Å². The molecule has 3 rings (SSSR count). The Morgan fingerprint density at radius 2 is 1.85 bits per heavy atom. The molecule has 0 aromatic carbocycles. The number of rotatable bonds is 4. The number of nitrogens with zero attached hydrogens (tertiary/aromatic N) is 1. The van der Waals surface area contributed by atoms with Crippen molar-refractivity contribution in [3.63, 3.8) is 0 Å². The van der Waals surface area contributed by atoms with Crippen LogP contribution < -0.4 is 5.32 Å². The Balaban J connectivity index is 1.59. The summed E-state index contributed by atoms with van der Waals surface area (Å²) in [4.78, 5) is 2.82. The maximum atomic E-state index is 3.49. The molecule has 2 nitrogen and oxygen atoms in total. The Kier molecular flexibility index (Phi) is 2.06. The van der Waals surface area contributed by atoms with Crippen molar-refractivity contribution < 1.29 is 0 Å². The Hall–Kier alpha value is -0.0800. The monoisotopic (exact) mass is 180 g/mol. The zero-order chi connectivity index (χ0) is 8.67. The predicted molar refractivity (Wildman–Crippen MR) is 53.7 cm³/mol. The van der Waals surface area contributed by atoms with E-state index < -0.39 is 0 Å². The van der Waals surface area contributed by atoms with Gasteiger partial charge in [-0.2, -0.15) is 0 Å². The largest absolute Gasteiger partial charge is 0.315 e. The highest BCUT2D eigenvalue weighted by Gasteiger charge is 2.38. The second-order valence-electron chi connectivity index (χ2n) is 5.02. The van der Waals surface area contributed by atoms with Gasteiger partial charge in [0.05, 0.1) is 0 Å². The molecule has 1 atom stereocenters. The van der Waals surface area contributed by atoms with E-state index in [2.05, 4.69) is 10.2 Å². The Bertz CT molecular complexity index is 179. The molecule has 2 saturated carbocycles. The van der Waals surface area contributed by atoms with Gasteiger partial charge in [0.2, 0.25) is 0 Å². The Morgan fingerprint density at radius 3 is 2.38 bits per heavy atom. The average molecular weight is 180 g/mol. The molecule has 74 valence electrons. The topological polar surface area (TPSA) is 15.3 Å². The van der Waals surface area contributed by atoms with Gasteiger partial charge in [0.1, 0.15) is 0 Å². The molecule has 0 aromatic rings. The molecule has 1 unspecified atom stereocenters. The summed E-state index contributed by atoms with van der Waals surface area (Å²) in [7, 11) is 0. The van der Waals surface area contributed by atoms with Crippen LogP contribution in [0.4, 0.5) is 0 Å². The molecular formula is C11H20N2. The van der Waals surface area contributed by atoms with Crippen LogP contribution in [0.15, 0.2) is 0 Å². The molecule has 1 N–H and O–H groups in total. The fourth-order valence-corrected chi connectivity index (χ4v) is 2.52. The standard InChI is InChI=1S/C11H20N2/c1-2-9(1)8-13(10-3-4-10)11-5-6-12-7-11/h9-12H,1-8H2. The van der Waals surface area contributed by atoms with E-state index in [4.69, 9.17) is 0 Å². The van der Waals surface area contributed by atoms with Crippen LogP contribution >= 0.6 is 0 Å². The normalized spacial score (nSPS) is 34.4. The third-order valence-electron chi connectivity index (χ3n) is 3.69. The molecule has 0 aromatic heterocycles. The molecule has 1 heterocycles. The van der Waals surface area contributed by atoms with E-state index in [9.17, 15) is 0 Å². The summed E-state index contributed by atoms with van der Waals surface area (Å²) in [6.07, 6.45) is 7.35. The van der Waals surface area contributed by atoms with Gasteiger partial charge in [-0.3, -0.25) is 4.90 Å². The number of nitrogens with one attached hydrogen (secondary N) is 1. The second kappa shape index (κ2) is 3.25. The minimum Gasteiger partial charge on any atom is -0.315 e. The maximum absolute atomic E-state index is 3.49. The lowest BCUT2D eigenvalue weighted by Gasteiger charge is -2.28. The van der Waals surface area contributed by atoms with E-state index in [1.54, 1.807) is 0 Å². The number of hydrogen-bond acceptors (Lipinski definition) is 2. The molecule has 13 heavy (non-hydrogen) atoms. The molecule has 0 bridgehead atoms. The maximum Gasteiger partial charge on any atom is 0.0235 e. The quantitative estimate of drug-likeness (QED) is 0.700. The van der Waals surface area contributed by atoms with Crippen LogP contribution in [0, 0.1) is 5.92 Å².